The fourth-order valence-corrected chi connectivity index (χ4v) is 6.00. The predicted octanol–water partition coefficient (Wildman–Crippen LogP) is 4.24. The minimum atomic E-state index is -0.629. The Kier molecular flexibility index (Phi) is 5.65. The Labute approximate surface area is 182 Å². The van der Waals surface area contributed by atoms with E-state index in [4.69, 9.17) is 4.74 Å². The van der Waals surface area contributed by atoms with Crippen molar-refractivity contribution in [2.45, 2.75) is 82.5 Å². The number of hydrogen-bond acceptors (Lipinski definition) is 5. The second kappa shape index (κ2) is 8.58. The van der Waals surface area contributed by atoms with Crippen LogP contribution in [0, 0.1) is 0 Å². The number of allylic oxidation sites excluding steroid dienone is 1. The summed E-state index contributed by atoms with van der Waals surface area (Å²) in [6.45, 7) is 1.97. The molecule has 0 amide bonds. The van der Waals surface area contributed by atoms with Crippen LogP contribution in [0.1, 0.15) is 74.8 Å². The number of esters is 1. The van der Waals surface area contributed by atoms with Crippen LogP contribution in [-0.2, 0) is 4.74 Å². The molecule has 164 valence electrons. The van der Waals surface area contributed by atoms with Gasteiger partial charge in [-0.3, -0.25) is 9.69 Å². The summed E-state index contributed by atoms with van der Waals surface area (Å²) in [5.41, 5.74) is 1.07. The molecule has 6 heteroatoms. The monoisotopic (exact) mass is 421 g/mol. The third-order valence-corrected chi connectivity index (χ3v) is 7.26. The van der Waals surface area contributed by atoms with Crippen LogP contribution in [0.2, 0.25) is 0 Å². The number of para-hydroxylation sites is 2. The van der Waals surface area contributed by atoms with Crippen molar-refractivity contribution in [2.24, 2.45) is 0 Å². The molecule has 6 nitrogen and oxygen atoms in total. The summed E-state index contributed by atoms with van der Waals surface area (Å²) < 4.78 is 6.98. The zero-order valence-corrected chi connectivity index (χ0v) is 18.2. The quantitative estimate of drug-likeness (QED) is 0.546. The minimum absolute atomic E-state index is 0.0806. The number of hydrogen-bond donors (Lipinski definition) is 0. The highest BCUT2D eigenvalue weighted by molar-refractivity contribution is 5.89. The maximum Gasteiger partial charge on any atom is 0.362 e. The number of nitrogens with zero attached hydrogens (tertiary/aromatic N) is 3. The second-order valence-electron chi connectivity index (χ2n) is 9.08. The van der Waals surface area contributed by atoms with E-state index in [0.717, 1.165) is 18.4 Å². The van der Waals surface area contributed by atoms with Gasteiger partial charge < -0.3 is 9.30 Å². The molecule has 1 aliphatic carbocycles. The summed E-state index contributed by atoms with van der Waals surface area (Å²) in [5.74, 6) is -0.629. The molecule has 3 aliphatic rings. The largest absolute Gasteiger partial charge is 0.461 e. The molecule has 0 N–H and O–H groups in total. The van der Waals surface area contributed by atoms with Crippen molar-refractivity contribution < 1.29 is 9.53 Å². The van der Waals surface area contributed by atoms with Gasteiger partial charge in [0.1, 0.15) is 0 Å². The van der Waals surface area contributed by atoms with Crippen LogP contribution in [0.3, 0.4) is 0 Å². The van der Waals surface area contributed by atoms with E-state index in [1.54, 1.807) is 6.92 Å². The molecule has 0 saturated carbocycles. The van der Waals surface area contributed by atoms with E-state index in [-0.39, 0.29) is 23.9 Å². The highest BCUT2D eigenvalue weighted by atomic mass is 16.5. The minimum Gasteiger partial charge on any atom is -0.461 e. The van der Waals surface area contributed by atoms with Gasteiger partial charge in [-0.2, -0.15) is 0 Å². The van der Waals surface area contributed by atoms with Gasteiger partial charge in [0, 0.05) is 24.2 Å². The second-order valence-corrected chi connectivity index (χ2v) is 9.08. The van der Waals surface area contributed by atoms with Gasteiger partial charge in [-0.1, -0.05) is 30.7 Å². The Morgan fingerprint density at radius 2 is 1.87 bits per heavy atom. The average Bonchev–Trinajstić information content (AvgIpc) is 2.96. The first-order chi connectivity index (χ1) is 15.2. The molecule has 31 heavy (non-hydrogen) atoms. The van der Waals surface area contributed by atoms with E-state index < -0.39 is 5.97 Å². The van der Waals surface area contributed by atoms with Gasteiger partial charge in [-0.15, -0.1) is 0 Å². The number of rotatable bonds is 4. The van der Waals surface area contributed by atoms with Gasteiger partial charge in [-0.25, -0.2) is 9.78 Å². The molecule has 0 spiro atoms. The molecule has 3 unspecified atom stereocenters. The molecular weight excluding hydrogens is 390 g/mol. The van der Waals surface area contributed by atoms with Gasteiger partial charge in [0.2, 0.25) is 5.69 Å². The molecule has 5 rings (SSSR count). The Balaban J connectivity index is 1.51. The molecule has 0 radical (unpaired) electrons. The summed E-state index contributed by atoms with van der Waals surface area (Å²) in [4.78, 5) is 33.0. The van der Waals surface area contributed by atoms with E-state index in [9.17, 15) is 9.59 Å². The molecule has 2 aromatic rings. The van der Waals surface area contributed by atoms with E-state index >= 15 is 0 Å². The van der Waals surface area contributed by atoms with E-state index in [1.807, 2.05) is 28.8 Å². The zero-order chi connectivity index (χ0) is 21.4. The fraction of sp³-hybridized carbons (Fsp3) is 0.560. The van der Waals surface area contributed by atoms with Crippen LogP contribution in [-0.4, -0.2) is 45.2 Å². The molecule has 2 bridgehead atoms. The summed E-state index contributed by atoms with van der Waals surface area (Å²) in [6, 6.07) is 9.23. The summed E-state index contributed by atoms with van der Waals surface area (Å²) in [7, 11) is 0. The molecule has 2 fully saturated rings. The Hall–Kier alpha value is -2.47. The van der Waals surface area contributed by atoms with Crippen LogP contribution < -0.4 is 5.56 Å². The summed E-state index contributed by atoms with van der Waals surface area (Å²) in [6.07, 6.45) is 14.0. The number of benzene rings is 1. The van der Waals surface area contributed by atoms with Gasteiger partial charge in [0.25, 0.3) is 5.56 Å². The topological polar surface area (TPSA) is 64.4 Å². The highest BCUT2D eigenvalue weighted by Gasteiger charge is 2.44. The van der Waals surface area contributed by atoms with Crippen LogP contribution in [0.4, 0.5) is 0 Å². The van der Waals surface area contributed by atoms with Crippen LogP contribution in [0.15, 0.2) is 41.2 Å². The average molecular weight is 422 g/mol. The first kappa shape index (κ1) is 20.4. The number of fused-ring (bicyclic) bond motifs is 3. The van der Waals surface area contributed by atoms with Crippen molar-refractivity contribution in [1.29, 1.82) is 0 Å². The third kappa shape index (κ3) is 3.71. The molecule has 2 aliphatic heterocycles. The SMILES string of the molecule is CCOC(=O)c1nc2ccccc2n(C2CC3CCC(C2)N3C2C=CCCCC2)c1=O. The number of carbonyl (C=O) groups excluding carboxylic acids is 1. The van der Waals surface area contributed by atoms with Crippen molar-refractivity contribution in [1.82, 2.24) is 14.5 Å². The maximum atomic E-state index is 13.4. The van der Waals surface area contributed by atoms with Crippen LogP contribution in [0.25, 0.3) is 11.0 Å². The number of ether oxygens (including phenoxy) is 1. The normalized spacial score (nSPS) is 28.5. The fourth-order valence-electron chi connectivity index (χ4n) is 6.00. The molecule has 3 heterocycles. The maximum absolute atomic E-state index is 13.4. The smallest absolute Gasteiger partial charge is 0.362 e. The lowest BCUT2D eigenvalue weighted by atomic mass is 9.93. The van der Waals surface area contributed by atoms with Gasteiger partial charge in [0.05, 0.1) is 17.6 Å². The van der Waals surface area contributed by atoms with E-state index in [1.165, 1.54) is 38.5 Å². The first-order valence-corrected chi connectivity index (χ1v) is 11.8. The molecule has 1 aromatic carbocycles. The lowest BCUT2D eigenvalue weighted by molar-refractivity contribution is 0.0514. The number of aromatic nitrogens is 2. The Morgan fingerprint density at radius 1 is 1.10 bits per heavy atom. The lowest BCUT2D eigenvalue weighted by Gasteiger charge is -2.43. The van der Waals surface area contributed by atoms with Crippen LogP contribution >= 0.6 is 0 Å². The van der Waals surface area contributed by atoms with Crippen molar-refractivity contribution in [3.8, 4) is 0 Å². The first-order valence-electron chi connectivity index (χ1n) is 11.8. The summed E-state index contributed by atoms with van der Waals surface area (Å²) in [5, 5.41) is 0. The molecule has 2 saturated heterocycles. The van der Waals surface area contributed by atoms with Gasteiger partial charge >= 0.3 is 5.97 Å². The Bertz CT molecular complexity index is 1050. The standard InChI is InChI=1S/C25H31N3O3/c1-2-31-25(30)23-24(29)28(22-12-8-7-11-21(22)26-23)20-15-18-13-14-19(16-20)27(18)17-9-5-3-4-6-10-17/h5,7-9,11-12,17-20H,2-4,6,10,13-16H2,1H3. The van der Waals surface area contributed by atoms with Crippen molar-refractivity contribution in [3.63, 3.8) is 0 Å². The zero-order valence-electron chi connectivity index (χ0n) is 18.2. The highest BCUT2D eigenvalue weighted by Crippen LogP contribution is 2.43. The van der Waals surface area contributed by atoms with E-state index in [0.29, 0.717) is 23.6 Å². The molecule has 3 atom stereocenters. The molecular formula is C25H31N3O3. The molecule has 1 aromatic heterocycles. The van der Waals surface area contributed by atoms with Gasteiger partial charge in [0.15, 0.2) is 0 Å². The van der Waals surface area contributed by atoms with Crippen molar-refractivity contribution in [3.05, 3.63) is 52.5 Å². The van der Waals surface area contributed by atoms with Crippen molar-refractivity contribution in [2.75, 3.05) is 6.61 Å². The Morgan fingerprint density at radius 3 is 2.65 bits per heavy atom. The van der Waals surface area contributed by atoms with Crippen LogP contribution in [0.5, 0.6) is 0 Å². The summed E-state index contributed by atoms with van der Waals surface area (Å²) >= 11 is 0. The van der Waals surface area contributed by atoms with Gasteiger partial charge in [-0.05, 0) is 64.0 Å². The predicted molar refractivity (Wildman–Crippen MR) is 120 cm³/mol. The lowest BCUT2D eigenvalue weighted by Crippen LogP contribution is -2.49. The number of piperidine rings is 1. The van der Waals surface area contributed by atoms with Crippen molar-refractivity contribution >= 4 is 17.0 Å². The van der Waals surface area contributed by atoms with E-state index in [2.05, 4.69) is 22.0 Å². The third-order valence-electron chi connectivity index (χ3n) is 7.26. The number of carbonyl (C=O) groups is 1.